The van der Waals surface area contributed by atoms with Gasteiger partial charge in [0.2, 0.25) is 11.7 Å². The van der Waals surface area contributed by atoms with Crippen LogP contribution in [-0.2, 0) is 40.3 Å². The van der Waals surface area contributed by atoms with Crippen molar-refractivity contribution in [2.24, 2.45) is 5.92 Å². The average Bonchev–Trinajstić information content (AvgIpc) is 3.00. The molecule has 0 unspecified atom stereocenters. The molecule has 2 atom stereocenters. The van der Waals surface area contributed by atoms with Crippen LogP contribution in [0.25, 0.3) is 0 Å². The Labute approximate surface area is 249 Å². The molecule has 0 aliphatic carbocycles. The number of halogens is 2. The third-order valence-corrected chi connectivity index (χ3v) is 7.59. The topological polar surface area (TPSA) is 107 Å². The van der Waals surface area contributed by atoms with E-state index < -0.39 is 47.6 Å². The molecule has 0 bridgehead atoms. The van der Waals surface area contributed by atoms with Crippen LogP contribution in [0.4, 0.5) is 13.6 Å². The number of hydrogen-bond donors (Lipinski definition) is 2. The van der Waals surface area contributed by atoms with Crippen LogP contribution in [-0.4, -0.2) is 63.1 Å². The van der Waals surface area contributed by atoms with Crippen LogP contribution in [0.5, 0.6) is 0 Å². The minimum atomic E-state index is -4.43. The van der Waals surface area contributed by atoms with Crippen LogP contribution in [0, 0.1) is 5.92 Å². The average molecular weight is 592 g/mol. The first kappa shape index (κ1) is 31.3. The molecule has 0 saturated heterocycles. The third-order valence-electron chi connectivity index (χ3n) is 7.59. The van der Waals surface area contributed by atoms with E-state index in [9.17, 15) is 24.3 Å². The number of nitrogens with zero attached hydrogens (tertiary/aromatic N) is 2. The zero-order valence-corrected chi connectivity index (χ0v) is 24.1. The lowest BCUT2D eigenvalue weighted by molar-refractivity contribution is -0.168. The molecule has 0 aromatic heterocycles. The summed E-state index contributed by atoms with van der Waals surface area (Å²) in [6.45, 7) is 3.10. The Morgan fingerprint density at radius 1 is 0.884 bits per heavy atom. The van der Waals surface area contributed by atoms with E-state index in [0.29, 0.717) is 17.5 Å². The molecule has 43 heavy (non-hydrogen) atoms. The highest BCUT2D eigenvalue weighted by molar-refractivity contribution is 6.10. The normalized spacial score (nSPS) is 14.4. The summed E-state index contributed by atoms with van der Waals surface area (Å²) < 4.78 is 31.4. The van der Waals surface area contributed by atoms with Gasteiger partial charge < -0.3 is 15.3 Å². The molecular formula is C33H35F2N3O5. The number of nitrogens with one attached hydrogen (secondary N) is 1. The summed E-state index contributed by atoms with van der Waals surface area (Å²) in [5.41, 5.74) is 2.79. The van der Waals surface area contributed by atoms with E-state index in [1.165, 1.54) is 0 Å². The Balaban J connectivity index is 1.60. The Morgan fingerprint density at radius 3 is 2.02 bits per heavy atom. The maximum atomic E-state index is 15.7. The standard InChI is InChI=1S/C33H35F2N3O5/c1-22(2)28(38(32(42)43)20-24-13-7-4-8-14-24)30(40)36-27(19-23-11-5-3-6-12-23)29(39)33(34,35)31(41)37-18-17-25-15-9-10-16-26(25)21-37/h3-16,22,27-28H,17-21H2,1-2H3,(H,36,40)(H,42,43)/t27-,28-/m0/s1. The van der Waals surface area contributed by atoms with E-state index >= 15 is 8.78 Å². The fraction of sp³-hybridized carbons (Fsp3) is 0.333. The molecular weight excluding hydrogens is 556 g/mol. The van der Waals surface area contributed by atoms with Crippen LogP contribution in [0.15, 0.2) is 84.9 Å². The van der Waals surface area contributed by atoms with E-state index in [4.69, 9.17) is 0 Å². The molecule has 0 spiro atoms. The first-order valence-corrected chi connectivity index (χ1v) is 14.1. The van der Waals surface area contributed by atoms with Gasteiger partial charge in [0.1, 0.15) is 6.04 Å². The van der Waals surface area contributed by atoms with Gasteiger partial charge in [0.15, 0.2) is 0 Å². The van der Waals surface area contributed by atoms with Crippen molar-refractivity contribution in [3.63, 3.8) is 0 Å². The molecule has 226 valence electrons. The van der Waals surface area contributed by atoms with Crippen molar-refractivity contribution in [1.29, 1.82) is 0 Å². The number of carbonyl (C=O) groups is 4. The van der Waals surface area contributed by atoms with E-state index in [2.05, 4.69) is 5.32 Å². The first-order valence-electron chi connectivity index (χ1n) is 14.1. The van der Waals surface area contributed by atoms with Crippen molar-refractivity contribution in [3.8, 4) is 0 Å². The van der Waals surface area contributed by atoms with Crippen molar-refractivity contribution >= 4 is 23.7 Å². The van der Waals surface area contributed by atoms with Gasteiger partial charge in [-0.25, -0.2) is 4.79 Å². The van der Waals surface area contributed by atoms with Gasteiger partial charge in [-0.1, -0.05) is 98.8 Å². The minimum absolute atomic E-state index is 0.0247. The lowest BCUT2D eigenvalue weighted by Gasteiger charge is -2.34. The fourth-order valence-corrected chi connectivity index (χ4v) is 5.38. The molecule has 1 heterocycles. The van der Waals surface area contributed by atoms with Gasteiger partial charge in [-0.15, -0.1) is 0 Å². The van der Waals surface area contributed by atoms with E-state index in [1.807, 2.05) is 12.1 Å². The molecule has 3 amide bonds. The highest BCUT2D eigenvalue weighted by atomic mass is 19.3. The minimum Gasteiger partial charge on any atom is -0.465 e. The van der Waals surface area contributed by atoms with Crippen LogP contribution >= 0.6 is 0 Å². The molecule has 0 saturated carbocycles. The number of amides is 3. The van der Waals surface area contributed by atoms with Crippen LogP contribution in [0.1, 0.15) is 36.1 Å². The van der Waals surface area contributed by atoms with Gasteiger partial charge in [-0.05, 0) is 34.6 Å². The molecule has 3 aromatic rings. The molecule has 0 fully saturated rings. The second-order valence-corrected chi connectivity index (χ2v) is 11.0. The molecule has 3 aromatic carbocycles. The second kappa shape index (κ2) is 13.6. The van der Waals surface area contributed by atoms with Gasteiger partial charge in [0, 0.05) is 26.1 Å². The zero-order valence-electron chi connectivity index (χ0n) is 24.1. The number of fused-ring (bicyclic) bond motifs is 1. The van der Waals surface area contributed by atoms with Gasteiger partial charge >= 0.3 is 17.9 Å². The van der Waals surface area contributed by atoms with Crippen LogP contribution in [0.3, 0.4) is 0 Å². The quantitative estimate of drug-likeness (QED) is 0.314. The lowest BCUT2D eigenvalue weighted by Crippen LogP contribution is -2.60. The van der Waals surface area contributed by atoms with Gasteiger partial charge in [0.05, 0.1) is 6.04 Å². The molecule has 1 aliphatic rings. The van der Waals surface area contributed by atoms with Crippen molar-refractivity contribution in [2.75, 3.05) is 6.54 Å². The number of hydrogen-bond acceptors (Lipinski definition) is 4. The molecule has 0 radical (unpaired) electrons. The van der Waals surface area contributed by atoms with Gasteiger partial charge in [-0.2, -0.15) is 8.78 Å². The number of alkyl halides is 2. The lowest BCUT2D eigenvalue weighted by atomic mass is 9.94. The van der Waals surface area contributed by atoms with Crippen molar-refractivity contribution in [3.05, 3.63) is 107 Å². The van der Waals surface area contributed by atoms with Crippen LogP contribution < -0.4 is 5.32 Å². The highest BCUT2D eigenvalue weighted by Crippen LogP contribution is 2.27. The monoisotopic (exact) mass is 591 g/mol. The van der Waals surface area contributed by atoms with Gasteiger partial charge in [0.25, 0.3) is 0 Å². The van der Waals surface area contributed by atoms with E-state index in [-0.39, 0.29) is 26.1 Å². The summed E-state index contributed by atoms with van der Waals surface area (Å²) in [5.74, 6) is -9.28. The SMILES string of the molecule is CC(C)[C@@H](C(=O)N[C@@H](Cc1ccccc1)C(=O)C(F)(F)C(=O)N1CCc2ccccc2C1)N(Cc1ccccc1)C(=O)O. The molecule has 10 heteroatoms. The Hall–Kier alpha value is -4.60. The zero-order chi connectivity index (χ0) is 31.1. The fourth-order valence-electron chi connectivity index (χ4n) is 5.38. The summed E-state index contributed by atoms with van der Waals surface area (Å²) in [6.07, 6.45) is -1.32. The predicted molar refractivity (Wildman–Crippen MR) is 156 cm³/mol. The maximum absolute atomic E-state index is 15.7. The Kier molecular flexibility index (Phi) is 9.90. The number of carbonyl (C=O) groups excluding carboxylic acids is 3. The van der Waals surface area contributed by atoms with Crippen molar-refractivity contribution in [1.82, 2.24) is 15.1 Å². The summed E-state index contributed by atoms with van der Waals surface area (Å²) in [5, 5.41) is 12.4. The first-order chi connectivity index (χ1) is 20.5. The van der Waals surface area contributed by atoms with Crippen LogP contribution in [0.2, 0.25) is 0 Å². The third kappa shape index (κ3) is 7.43. The van der Waals surface area contributed by atoms with Crippen molar-refractivity contribution in [2.45, 2.75) is 57.8 Å². The number of Topliss-reactive ketones (excluding diaryl/α,β-unsaturated/α-hetero) is 1. The number of rotatable bonds is 11. The molecule has 1 aliphatic heterocycles. The van der Waals surface area contributed by atoms with Crippen molar-refractivity contribution < 1.29 is 33.1 Å². The molecule has 4 rings (SSSR count). The number of carboxylic acid groups (broad SMARTS) is 1. The van der Waals surface area contributed by atoms with Gasteiger partial charge in [-0.3, -0.25) is 19.3 Å². The Morgan fingerprint density at radius 2 is 1.44 bits per heavy atom. The maximum Gasteiger partial charge on any atom is 0.408 e. The number of benzene rings is 3. The largest absolute Gasteiger partial charge is 0.465 e. The second-order valence-electron chi connectivity index (χ2n) is 11.0. The predicted octanol–water partition coefficient (Wildman–Crippen LogP) is 4.71. The van der Waals surface area contributed by atoms with E-state index in [1.54, 1.807) is 86.6 Å². The smallest absolute Gasteiger partial charge is 0.408 e. The number of ketones is 1. The summed E-state index contributed by atoms with van der Waals surface area (Å²) in [6, 6.07) is 21.0. The summed E-state index contributed by atoms with van der Waals surface area (Å²) >= 11 is 0. The molecule has 2 N–H and O–H groups in total. The highest BCUT2D eigenvalue weighted by Gasteiger charge is 2.53. The Bertz CT molecular complexity index is 1450. The summed E-state index contributed by atoms with van der Waals surface area (Å²) in [4.78, 5) is 54.4. The molecule has 8 nitrogen and oxygen atoms in total. The summed E-state index contributed by atoms with van der Waals surface area (Å²) in [7, 11) is 0. The van der Waals surface area contributed by atoms with E-state index in [0.717, 1.165) is 20.9 Å².